The van der Waals surface area contributed by atoms with Gasteiger partial charge in [-0.25, -0.2) is 4.98 Å². The summed E-state index contributed by atoms with van der Waals surface area (Å²) >= 11 is 0. The smallest absolute Gasteiger partial charge is 0.369 e. The van der Waals surface area contributed by atoms with Gasteiger partial charge in [0.15, 0.2) is 0 Å². The molecule has 9 nitrogen and oxygen atoms in total. The third kappa shape index (κ3) is 10.2. The van der Waals surface area contributed by atoms with Gasteiger partial charge in [0.25, 0.3) is 0 Å². The molecule has 2 fully saturated rings. The molecule has 2 aliphatic heterocycles. The molecule has 0 unspecified atom stereocenters. The summed E-state index contributed by atoms with van der Waals surface area (Å²) in [4.78, 5) is 30.5. The van der Waals surface area contributed by atoms with Crippen molar-refractivity contribution in [1.29, 1.82) is 0 Å². The van der Waals surface area contributed by atoms with Crippen LogP contribution in [0.3, 0.4) is 0 Å². The Kier molecular flexibility index (Phi) is 14.2. The van der Waals surface area contributed by atoms with Crippen LogP contribution in [0.5, 0.6) is 0 Å². The van der Waals surface area contributed by atoms with Crippen LogP contribution in [-0.4, -0.2) is 102 Å². The van der Waals surface area contributed by atoms with E-state index in [-0.39, 0.29) is 30.3 Å². The molecular formula is C36H57F3N8O. The fourth-order valence-electron chi connectivity index (χ4n) is 7.09. The molecule has 2 saturated heterocycles. The topological polar surface area (TPSA) is 79.9 Å². The van der Waals surface area contributed by atoms with E-state index in [1.807, 2.05) is 17.9 Å². The molecule has 2 aliphatic rings. The Labute approximate surface area is 285 Å². The van der Waals surface area contributed by atoms with E-state index in [4.69, 9.17) is 0 Å². The fourth-order valence-corrected chi connectivity index (χ4v) is 7.09. The van der Waals surface area contributed by atoms with Crippen molar-refractivity contribution in [3.05, 3.63) is 35.5 Å². The number of likely N-dealkylation sites (tertiary alicyclic amines) is 1. The number of benzene rings is 1. The van der Waals surface area contributed by atoms with Gasteiger partial charge in [0.1, 0.15) is 11.4 Å². The third-order valence-corrected chi connectivity index (χ3v) is 9.87. The van der Waals surface area contributed by atoms with Gasteiger partial charge < -0.3 is 25.3 Å². The molecule has 1 amide bonds. The van der Waals surface area contributed by atoms with Crippen molar-refractivity contribution >= 4 is 29.0 Å². The number of halogens is 3. The van der Waals surface area contributed by atoms with E-state index < -0.39 is 11.7 Å². The number of amides is 1. The van der Waals surface area contributed by atoms with Crippen molar-refractivity contribution < 1.29 is 18.0 Å². The number of anilines is 4. The average Bonchev–Trinajstić information content (AvgIpc) is 3.08. The zero-order valence-corrected chi connectivity index (χ0v) is 29.7. The van der Waals surface area contributed by atoms with Crippen LogP contribution >= 0.6 is 0 Å². The second-order valence-corrected chi connectivity index (χ2v) is 13.3. The van der Waals surface area contributed by atoms with Crippen LogP contribution in [0.1, 0.15) is 90.2 Å². The molecule has 4 rings (SSSR count). The minimum absolute atomic E-state index is 0.0825. The molecule has 0 atom stereocenters. The first-order valence-corrected chi connectivity index (χ1v) is 18.1. The SMILES string of the molecule is CCCC(CCC)N(CCCNc1nc(Nc2ccc(N3CCN(C4CCN(C)CC4)CC3)cc2CC)ncc1C(F)(F)F)C(=O)CC. The van der Waals surface area contributed by atoms with Gasteiger partial charge in [0.2, 0.25) is 11.9 Å². The van der Waals surface area contributed by atoms with E-state index in [1.165, 1.54) is 12.8 Å². The van der Waals surface area contributed by atoms with Crippen molar-refractivity contribution in [3.8, 4) is 0 Å². The third-order valence-electron chi connectivity index (χ3n) is 9.87. The summed E-state index contributed by atoms with van der Waals surface area (Å²) in [6, 6.07) is 7.05. The number of rotatable bonds is 16. The van der Waals surface area contributed by atoms with E-state index in [1.54, 1.807) is 0 Å². The zero-order chi connectivity index (χ0) is 34.7. The lowest BCUT2D eigenvalue weighted by molar-refractivity contribution is -0.137. The first kappa shape index (κ1) is 37.7. The second kappa shape index (κ2) is 18.0. The van der Waals surface area contributed by atoms with Crippen molar-refractivity contribution in [2.75, 3.05) is 74.9 Å². The Bertz CT molecular complexity index is 1290. The van der Waals surface area contributed by atoms with Gasteiger partial charge in [-0.1, -0.05) is 40.5 Å². The monoisotopic (exact) mass is 674 g/mol. The molecule has 1 aromatic carbocycles. The number of alkyl halides is 3. The van der Waals surface area contributed by atoms with E-state index in [0.29, 0.717) is 25.4 Å². The number of aromatic nitrogens is 2. The van der Waals surface area contributed by atoms with Crippen molar-refractivity contribution in [2.24, 2.45) is 0 Å². The molecule has 2 N–H and O–H groups in total. The van der Waals surface area contributed by atoms with Crippen LogP contribution < -0.4 is 15.5 Å². The highest BCUT2D eigenvalue weighted by Gasteiger charge is 2.35. The number of hydrogen-bond acceptors (Lipinski definition) is 8. The molecule has 12 heteroatoms. The van der Waals surface area contributed by atoms with Crippen molar-refractivity contribution in [2.45, 2.75) is 104 Å². The first-order valence-electron chi connectivity index (χ1n) is 18.1. The predicted octanol–water partition coefficient (Wildman–Crippen LogP) is 7.03. The molecule has 0 aliphatic carbocycles. The summed E-state index contributed by atoms with van der Waals surface area (Å²) in [5.74, 6) is -0.0725. The van der Waals surface area contributed by atoms with Crippen LogP contribution in [0.2, 0.25) is 0 Å². The van der Waals surface area contributed by atoms with Gasteiger partial charge in [0, 0.05) is 75.3 Å². The molecule has 2 aromatic rings. The maximum absolute atomic E-state index is 14.0. The van der Waals surface area contributed by atoms with Crippen LogP contribution in [0.25, 0.3) is 0 Å². The Morgan fingerprint density at radius 2 is 1.71 bits per heavy atom. The number of piperazine rings is 1. The molecule has 0 bridgehead atoms. The second-order valence-electron chi connectivity index (χ2n) is 13.3. The Morgan fingerprint density at radius 3 is 2.31 bits per heavy atom. The fraction of sp³-hybridized carbons (Fsp3) is 0.694. The lowest BCUT2D eigenvalue weighted by atomic mass is 10.0. The van der Waals surface area contributed by atoms with Crippen molar-refractivity contribution in [3.63, 3.8) is 0 Å². The quantitative estimate of drug-likeness (QED) is 0.184. The van der Waals surface area contributed by atoms with Crippen LogP contribution in [-0.2, 0) is 17.4 Å². The minimum Gasteiger partial charge on any atom is -0.369 e. The molecular weight excluding hydrogens is 617 g/mol. The number of carbonyl (C=O) groups is 1. The van der Waals surface area contributed by atoms with E-state index >= 15 is 0 Å². The maximum atomic E-state index is 14.0. The molecule has 48 heavy (non-hydrogen) atoms. The standard InChI is InChI=1S/C36H57F3N8O/c1-6-11-29(12-7-2)47(33(48)9-4)18-10-17-40-34-31(36(37,38)39)26-41-35(43-34)42-32-14-13-30(25-27(32)8-3)46-23-21-45(22-24-46)28-15-19-44(5)20-16-28/h13-14,25-26,28-29H,6-12,15-24H2,1-5H3,(H2,40,41,42,43). The largest absolute Gasteiger partial charge is 0.421 e. The molecule has 0 spiro atoms. The highest BCUT2D eigenvalue weighted by Crippen LogP contribution is 2.35. The van der Waals surface area contributed by atoms with Crippen LogP contribution in [0.4, 0.5) is 36.3 Å². The molecule has 0 saturated carbocycles. The average molecular weight is 675 g/mol. The van der Waals surface area contributed by atoms with Gasteiger partial charge in [0.05, 0.1) is 0 Å². The summed E-state index contributed by atoms with van der Waals surface area (Å²) in [6.07, 6.45) is 4.15. The van der Waals surface area contributed by atoms with Gasteiger partial charge in [-0.2, -0.15) is 18.2 Å². The molecule has 268 valence electrons. The summed E-state index contributed by atoms with van der Waals surface area (Å²) < 4.78 is 41.9. The molecule has 3 heterocycles. The Balaban J connectivity index is 1.40. The maximum Gasteiger partial charge on any atom is 0.421 e. The number of piperidine rings is 1. The molecule has 0 radical (unpaired) electrons. The summed E-state index contributed by atoms with van der Waals surface area (Å²) in [6.45, 7) is 15.2. The Hall–Kier alpha value is -3.12. The van der Waals surface area contributed by atoms with E-state index in [2.05, 4.69) is 75.3 Å². The summed E-state index contributed by atoms with van der Waals surface area (Å²) in [7, 11) is 2.20. The number of nitrogens with zero attached hydrogens (tertiary/aromatic N) is 6. The van der Waals surface area contributed by atoms with Crippen LogP contribution in [0.15, 0.2) is 24.4 Å². The van der Waals surface area contributed by atoms with Crippen molar-refractivity contribution in [1.82, 2.24) is 24.7 Å². The zero-order valence-electron chi connectivity index (χ0n) is 29.7. The summed E-state index contributed by atoms with van der Waals surface area (Å²) in [5, 5.41) is 6.10. The first-order chi connectivity index (χ1) is 23.1. The predicted molar refractivity (Wildman–Crippen MR) is 189 cm³/mol. The van der Waals surface area contributed by atoms with Gasteiger partial charge in [-0.3, -0.25) is 9.69 Å². The number of aryl methyl sites for hydroxylation is 1. The molecule has 1 aromatic heterocycles. The van der Waals surface area contributed by atoms with Gasteiger partial charge in [-0.15, -0.1) is 0 Å². The highest BCUT2D eigenvalue weighted by molar-refractivity contribution is 5.76. The number of nitrogens with one attached hydrogen (secondary N) is 2. The van der Waals surface area contributed by atoms with Gasteiger partial charge in [-0.05, 0) is 82.4 Å². The summed E-state index contributed by atoms with van der Waals surface area (Å²) in [5.41, 5.74) is 2.09. The van der Waals surface area contributed by atoms with Gasteiger partial charge >= 0.3 is 6.18 Å². The Morgan fingerprint density at radius 1 is 1.02 bits per heavy atom. The van der Waals surface area contributed by atoms with E-state index in [9.17, 15) is 18.0 Å². The number of carbonyl (C=O) groups excluding carboxylic acids is 1. The van der Waals surface area contributed by atoms with E-state index in [0.717, 1.165) is 94.5 Å². The normalized spacial score (nSPS) is 16.8. The lowest BCUT2D eigenvalue weighted by Gasteiger charge is -2.43. The number of hydrogen-bond donors (Lipinski definition) is 2. The van der Waals surface area contributed by atoms with Crippen LogP contribution in [0, 0.1) is 0 Å². The minimum atomic E-state index is -4.61. The highest BCUT2D eigenvalue weighted by atomic mass is 19.4. The lowest BCUT2D eigenvalue weighted by Crippen LogP contribution is -2.53.